The molecule has 7 atom stereocenters. The molecule has 16 heteroatoms. The Morgan fingerprint density at radius 1 is 0.556 bits per heavy atom. The van der Waals surface area contributed by atoms with Crippen LogP contribution >= 0.6 is 0 Å². The molecule has 4 rings (SSSR count). The Labute approximate surface area is 317 Å². The number of amides is 9. The van der Waals surface area contributed by atoms with Crippen LogP contribution in [-0.4, -0.2) is 113 Å². The highest BCUT2D eigenvalue weighted by Gasteiger charge is 2.57. The lowest BCUT2D eigenvalue weighted by Crippen LogP contribution is -2.58. The van der Waals surface area contributed by atoms with Gasteiger partial charge >= 0.3 is 0 Å². The van der Waals surface area contributed by atoms with Crippen molar-refractivity contribution in [3.8, 4) is 0 Å². The largest absolute Gasteiger partial charge is 0.354 e. The maximum atomic E-state index is 14.0. The van der Waals surface area contributed by atoms with Gasteiger partial charge in [0.05, 0.1) is 5.92 Å². The highest BCUT2D eigenvalue weighted by atomic mass is 16.2. The van der Waals surface area contributed by atoms with Crippen LogP contribution in [0.4, 0.5) is 0 Å². The average Bonchev–Trinajstić information content (AvgIpc) is 3.64. The molecule has 300 valence electrons. The zero-order valence-corrected chi connectivity index (χ0v) is 33.0. The molecule has 0 bridgehead atoms. The second-order valence-corrected chi connectivity index (χ2v) is 17.4. The SMILES string of the molecule is CC(C)C1CC(=O)N(CCNC(=O)[C@@]2(C)CC(C)(C(=O)NCCN3C(=O)CC(C(C)N)C3=O)C[C@@](C)(C(=O)NCCN3C(=O)CC(C(C)C)C3=O)C2)C1=O. The molecule has 3 aliphatic heterocycles. The summed E-state index contributed by atoms with van der Waals surface area (Å²) < 4.78 is 0. The van der Waals surface area contributed by atoms with E-state index in [9.17, 15) is 43.2 Å². The van der Waals surface area contributed by atoms with Gasteiger partial charge in [-0.05, 0) is 38.0 Å². The van der Waals surface area contributed by atoms with Gasteiger partial charge in [0.15, 0.2) is 0 Å². The highest BCUT2D eigenvalue weighted by Crippen LogP contribution is 2.55. The summed E-state index contributed by atoms with van der Waals surface area (Å²) in [5.74, 6) is -4.75. The Balaban J connectivity index is 1.48. The summed E-state index contributed by atoms with van der Waals surface area (Å²) >= 11 is 0. The standard InChI is InChI=1S/C38H59N7O9/c1-21(2)24-15-27(46)43(30(24)49)12-9-40-33(52)36(6)18-37(7,34(53)41-10-13-44-28(47)16-25(22(3)4)31(44)50)20-38(8,19-36)35(54)42-11-14-45-29(48)17-26(23(5)39)32(45)51/h21-26H,9-20,39H2,1-8H3,(H,40,52)(H,41,53)(H,42,54)/t23?,24?,25?,26?,36-,37+,38?. The van der Waals surface area contributed by atoms with E-state index in [1.807, 2.05) is 27.7 Å². The number of carbonyl (C=O) groups excluding carboxylic acids is 9. The van der Waals surface area contributed by atoms with Crippen LogP contribution in [0.3, 0.4) is 0 Å². The third-order valence-electron chi connectivity index (χ3n) is 11.9. The molecule has 1 aliphatic carbocycles. The lowest BCUT2D eigenvalue weighted by atomic mass is 9.53. The van der Waals surface area contributed by atoms with Crippen molar-refractivity contribution in [2.45, 2.75) is 100.0 Å². The number of likely N-dealkylation sites (tertiary alicyclic amines) is 3. The third-order valence-corrected chi connectivity index (χ3v) is 11.9. The lowest BCUT2D eigenvalue weighted by Gasteiger charge is -2.50. The summed E-state index contributed by atoms with van der Waals surface area (Å²) in [5, 5.41) is 8.51. The van der Waals surface area contributed by atoms with Gasteiger partial charge in [0.2, 0.25) is 53.2 Å². The Morgan fingerprint density at radius 2 is 0.815 bits per heavy atom. The molecule has 0 aromatic carbocycles. The number of imide groups is 3. The zero-order valence-electron chi connectivity index (χ0n) is 33.0. The number of carbonyl (C=O) groups is 9. The van der Waals surface area contributed by atoms with E-state index in [-0.39, 0.29) is 119 Å². The maximum absolute atomic E-state index is 14.0. The Kier molecular flexibility index (Phi) is 12.8. The average molecular weight is 758 g/mol. The molecule has 4 aliphatic rings. The Hall–Kier alpha value is -4.21. The smallest absolute Gasteiger partial charge is 0.234 e. The predicted octanol–water partition coefficient (Wildman–Crippen LogP) is 0.322. The topological polar surface area (TPSA) is 225 Å². The monoisotopic (exact) mass is 757 g/mol. The van der Waals surface area contributed by atoms with Crippen molar-refractivity contribution in [3.63, 3.8) is 0 Å². The second-order valence-electron chi connectivity index (χ2n) is 17.4. The van der Waals surface area contributed by atoms with Crippen LogP contribution in [0, 0.1) is 45.8 Å². The quantitative estimate of drug-likeness (QED) is 0.167. The molecule has 5 unspecified atom stereocenters. The first-order chi connectivity index (χ1) is 25.0. The summed E-state index contributed by atoms with van der Waals surface area (Å²) in [6.07, 6.45) is 0.366. The normalized spacial score (nSPS) is 30.9. The van der Waals surface area contributed by atoms with Crippen LogP contribution in [0.1, 0.15) is 93.9 Å². The van der Waals surface area contributed by atoms with Gasteiger partial charge in [-0.2, -0.15) is 0 Å². The molecular formula is C38H59N7O9. The number of nitrogens with one attached hydrogen (secondary N) is 3. The van der Waals surface area contributed by atoms with Gasteiger partial charge in [0.25, 0.3) is 0 Å². The van der Waals surface area contributed by atoms with Crippen LogP contribution < -0.4 is 21.7 Å². The summed E-state index contributed by atoms with van der Waals surface area (Å²) in [4.78, 5) is 122. The lowest BCUT2D eigenvalue weighted by molar-refractivity contribution is -0.155. The fourth-order valence-electron chi connectivity index (χ4n) is 9.02. The first kappa shape index (κ1) is 42.5. The van der Waals surface area contributed by atoms with Crippen LogP contribution in [-0.2, 0) is 43.2 Å². The number of nitrogens with zero attached hydrogens (tertiary/aromatic N) is 3. The molecule has 16 nitrogen and oxygen atoms in total. The summed E-state index contributed by atoms with van der Waals surface area (Å²) in [7, 11) is 0. The van der Waals surface area contributed by atoms with Crippen LogP contribution in [0.5, 0.6) is 0 Å². The second kappa shape index (κ2) is 16.3. The Morgan fingerprint density at radius 3 is 1.04 bits per heavy atom. The molecule has 1 saturated carbocycles. The van der Waals surface area contributed by atoms with Crippen molar-refractivity contribution >= 4 is 53.2 Å². The molecule has 5 N–H and O–H groups in total. The highest BCUT2D eigenvalue weighted by molar-refractivity contribution is 6.05. The van der Waals surface area contributed by atoms with Gasteiger partial charge in [-0.15, -0.1) is 0 Å². The van der Waals surface area contributed by atoms with Gasteiger partial charge in [-0.1, -0.05) is 48.5 Å². The Bertz CT molecular complexity index is 1390. The minimum Gasteiger partial charge on any atom is -0.354 e. The number of hydrogen-bond acceptors (Lipinski definition) is 10. The summed E-state index contributed by atoms with van der Waals surface area (Å²) in [6, 6.07) is -0.503. The van der Waals surface area contributed by atoms with Crippen LogP contribution in [0.2, 0.25) is 0 Å². The van der Waals surface area contributed by atoms with Gasteiger partial charge in [-0.3, -0.25) is 57.9 Å². The fourth-order valence-corrected chi connectivity index (χ4v) is 9.02. The van der Waals surface area contributed by atoms with E-state index in [1.54, 1.807) is 27.7 Å². The van der Waals surface area contributed by atoms with Gasteiger partial charge in [0, 0.05) is 92.7 Å². The molecule has 0 spiro atoms. The minimum absolute atomic E-state index is 0.000128. The first-order valence-electron chi connectivity index (χ1n) is 19.2. The van der Waals surface area contributed by atoms with Gasteiger partial charge in [0.1, 0.15) is 0 Å². The minimum atomic E-state index is -1.28. The maximum Gasteiger partial charge on any atom is 0.234 e. The molecule has 4 fully saturated rings. The van der Waals surface area contributed by atoms with E-state index >= 15 is 0 Å². The molecule has 0 aromatic heterocycles. The van der Waals surface area contributed by atoms with Crippen LogP contribution in [0.25, 0.3) is 0 Å². The molecule has 54 heavy (non-hydrogen) atoms. The molecular weight excluding hydrogens is 698 g/mol. The van der Waals surface area contributed by atoms with E-state index in [2.05, 4.69) is 16.0 Å². The molecule has 3 saturated heterocycles. The van der Waals surface area contributed by atoms with Crippen molar-refractivity contribution in [2.24, 2.45) is 51.6 Å². The van der Waals surface area contributed by atoms with Crippen molar-refractivity contribution < 1.29 is 43.2 Å². The number of hydrogen-bond donors (Lipinski definition) is 4. The van der Waals surface area contributed by atoms with E-state index in [0.717, 1.165) is 14.7 Å². The van der Waals surface area contributed by atoms with Gasteiger partial charge in [-0.25, -0.2) is 0 Å². The predicted molar refractivity (Wildman–Crippen MR) is 195 cm³/mol. The van der Waals surface area contributed by atoms with E-state index in [1.165, 1.54) is 0 Å². The van der Waals surface area contributed by atoms with Crippen LogP contribution in [0.15, 0.2) is 0 Å². The third kappa shape index (κ3) is 8.68. The molecule has 3 heterocycles. The fraction of sp³-hybridized carbons (Fsp3) is 0.763. The number of rotatable bonds is 15. The van der Waals surface area contributed by atoms with Crippen molar-refractivity contribution in [2.75, 3.05) is 39.3 Å². The molecule has 0 aromatic rings. The number of nitrogens with two attached hydrogens (primary N) is 1. The van der Waals surface area contributed by atoms with E-state index in [0.29, 0.717) is 0 Å². The van der Waals surface area contributed by atoms with E-state index in [4.69, 9.17) is 5.73 Å². The zero-order chi connectivity index (χ0) is 40.5. The van der Waals surface area contributed by atoms with Crippen molar-refractivity contribution in [1.82, 2.24) is 30.7 Å². The van der Waals surface area contributed by atoms with Gasteiger partial charge < -0.3 is 21.7 Å². The molecule has 9 amide bonds. The summed E-state index contributed by atoms with van der Waals surface area (Å²) in [5.41, 5.74) is 2.07. The van der Waals surface area contributed by atoms with Crippen molar-refractivity contribution in [3.05, 3.63) is 0 Å². The van der Waals surface area contributed by atoms with Crippen molar-refractivity contribution in [1.29, 1.82) is 0 Å². The first-order valence-corrected chi connectivity index (χ1v) is 19.2. The van der Waals surface area contributed by atoms with E-state index < -0.39 is 63.7 Å². The molecule has 0 radical (unpaired) electrons. The summed E-state index contributed by atoms with van der Waals surface area (Å²) in [6.45, 7) is 14.0.